The van der Waals surface area contributed by atoms with Crippen LogP contribution in [0, 0.1) is 5.82 Å². The Balaban J connectivity index is 1.60. The highest BCUT2D eigenvalue weighted by molar-refractivity contribution is 6.30. The minimum Gasteiger partial charge on any atom is -0.465 e. The van der Waals surface area contributed by atoms with Crippen LogP contribution in [0.2, 0.25) is 5.02 Å². The number of rotatable bonds is 7. The van der Waals surface area contributed by atoms with Crippen molar-refractivity contribution in [2.45, 2.75) is 6.54 Å². The van der Waals surface area contributed by atoms with Crippen molar-refractivity contribution in [1.29, 1.82) is 0 Å². The second-order valence-corrected chi connectivity index (χ2v) is 8.08. The third-order valence-corrected chi connectivity index (χ3v) is 5.49. The Bertz CT molecular complexity index is 1350. The molecule has 4 aromatic carbocycles. The summed E-state index contributed by atoms with van der Waals surface area (Å²) in [5.74, 6) is -0.454. The molecular weight excluding hydrogens is 469 g/mol. The molecule has 7 heteroatoms. The van der Waals surface area contributed by atoms with Crippen LogP contribution in [0.15, 0.2) is 91.0 Å². The third-order valence-electron chi connectivity index (χ3n) is 5.25. The van der Waals surface area contributed by atoms with Crippen molar-refractivity contribution < 1.29 is 23.5 Å². The van der Waals surface area contributed by atoms with Crippen LogP contribution in [0.1, 0.15) is 26.3 Å². The van der Waals surface area contributed by atoms with E-state index in [1.165, 1.54) is 31.4 Å². The van der Waals surface area contributed by atoms with Gasteiger partial charge in [-0.1, -0.05) is 41.9 Å². The van der Waals surface area contributed by atoms with Crippen LogP contribution in [0.5, 0.6) is 11.5 Å². The summed E-state index contributed by atoms with van der Waals surface area (Å²) >= 11 is 6.14. The standard InChI is InChI=1S/C28H21ClFNO4/c1-34-28(33)19-7-5-18(6-8-19)17-31-27(32)25-16-21(20-3-2-4-22(29)15-20)9-14-26(25)35-24-12-10-23(30)11-13-24/h2-16H,17H2,1H3,(H,31,32). The Morgan fingerprint density at radius 1 is 0.886 bits per heavy atom. The molecule has 4 aromatic rings. The van der Waals surface area contributed by atoms with E-state index < -0.39 is 5.97 Å². The molecule has 1 N–H and O–H groups in total. The van der Waals surface area contributed by atoms with Crippen molar-refractivity contribution in [3.63, 3.8) is 0 Å². The SMILES string of the molecule is COC(=O)c1ccc(CNC(=O)c2cc(-c3cccc(Cl)c3)ccc2Oc2ccc(F)cc2)cc1. The Morgan fingerprint density at radius 3 is 2.29 bits per heavy atom. The fourth-order valence-corrected chi connectivity index (χ4v) is 3.62. The van der Waals surface area contributed by atoms with Gasteiger partial charge in [0.1, 0.15) is 17.3 Å². The Labute approximate surface area is 207 Å². The fraction of sp³-hybridized carbons (Fsp3) is 0.0714. The first-order valence-electron chi connectivity index (χ1n) is 10.7. The summed E-state index contributed by atoms with van der Waals surface area (Å²) in [6.45, 7) is 0.234. The molecule has 176 valence electrons. The summed E-state index contributed by atoms with van der Waals surface area (Å²) in [6.07, 6.45) is 0. The van der Waals surface area contributed by atoms with Gasteiger partial charge < -0.3 is 14.8 Å². The maximum atomic E-state index is 13.3. The number of carbonyl (C=O) groups excluding carboxylic acids is 2. The van der Waals surface area contributed by atoms with Crippen molar-refractivity contribution in [2.75, 3.05) is 7.11 Å². The number of methoxy groups -OCH3 is 1. The number of amides is 1. The smallest absolute Gasteiger partial charge is 0.337 e. The molecule has 0 spiro atoms. The molecule has 0 aliphatic heterocycles. The largest absolute Gasteiger partial charge is 0.465 e. The summed E-state index contributed by atoms with van der Waals surface area (Å²) in [7, 11) is 1.32. The molecular formula is C28H21ClFNO4. The molecule has 0 atom stereocenters. The number of carbonyl (C=O) groups is 2. The molecule has 1 amide bonds. The van der Waals surface area contributed by atoms with E-state index in [1.807, 2.05) is 24.3 Å². The monoisotopic (exact) mass is 489 g/mol. The molecule has 0 unspecified atom stereocenters. The first-order valence-corrected chi connectivity index (χ1v) is 11.1. The molecule has 0 saturated carbocycles. The molecule has 0 fully saturated rings. The highest BCUT2D eigenvalue weighted by Gasteiger charge is 2.16. The zero-order valence-corrected chi connectivity index (χ0v) is 19.5. The molecule has 0 heterocycles. The summed E-state index contributed by atoms with van der Waals surface area (Å²) in [5, 5.41) is 3.46. The molecule has 0 saturated heterocycles. The number of hydrogen-bond donors (Lipinski definition) is 1. The van der Waals surface area contributed by atoms with Gasteiger partial charge in [-0.2, -0.15) is 0 Å². The van der Waals surface area contributed by atoms with E-state index in [0.717, 1.165) is 16.7 Å². The van der Waals surface area contributed by atoms with Gasteiger partial charge in [0.05, 0.1) is 18.2 Å². The normalized spacial score (nSPS) is 10.5. The van der Waals surface area contributed by atoms with E-state index in [9.17, 15) is 14.0 Å². The van der Waals surface area contributed by atoms with Gasteiger partial charge in [0, 0.05) is 11.6 Å². The molecule has 0 aliphatic rings. The maximum Gasteiger partial charge on any atom is 0.337 e. The fourth-order valence-electron chi connectivity index (χ4n) is 3.43. The zero-order valence-electron chi connectivity index (χ0n) is 18.8. The van der Waals surface area contributed by atoms with Crippen molar-refractivity contribution in [3.05, 3.63) is 119 Å². The van der Waals surface area contributed by atoms with Crippen molar-refractivity contribution in [1.82, 2.24) is 5.32 Å². The first-order chi connectivity index (χ1) is 16.9. The summed E-state index contributed by atoms with van der Waals surface area (Å²) in [4.78, 5) is 24.8. The Morgan fingerprint density at radius 2 is 1.60 bits per heavy atom. The average Bonchev–Trinajstić information content (AvgIpc) is 2.88. The quantitative estimate of drug-likeness (QED) is 0.295. The second kappa shape index (κ2) is 10.8. The highest BCUT2D eigenvalue weighted by atomic mass is 35.5. The van der Waals surface area contributed by atoms with E-state index >= 15 is 0 Å². The van der Waals surface area contributed by atoms with Crippen molar-refractivity contribution in [3.8, 4) is 22.6 Å². The maximum absolute atomic E-state index is 13.3. The highest BCUT2D eigenvalue weighted by Crippen LogP contribution is 2.31. The van der Waals surface area contributed by atoms with E-state index in [-0.39, 0.29) is 18.3 Å². The third kappa shape index (κ3) is 6.05. The van der Waals surface area contributed by atoms with Gasteiger partial charge in [0.15, 0.2) is 0 Å². The number of halogens is 2. The van der Waals surface area contributed by atoms with Gasteiger partial charge in [-0.3, -0.25) is 4.79 Å². The minimum atomic E-state index is -0.430. The lowest BCUT2D eigenvalue weighted by atomic mass is 10.0. The van der Waals surface area contributed by atoms with E-state index in [1.54, 1.807) is 42.5 Å². The van der Waals surface area contributed by atoms with E-state index in [2.05, 4.69) is 5.32 Å². The van der Waals surface area contributed by atoms with Gasteiger partial charge in [0.2, 0.25) is 0 Å². The lowest BCUT2D eigenvalue weighted by molar-refractivity contribution is 0.0600. The van der Waals surface area contributed by atoms with Crippen molar-refractivity contribution >= 4 is 23.5 Å². The van der Waals surface area contributed by atoms with Crippen LogP contribution in [-0.2, 0) is 11.3 Å². The molecule has 5 nitrogen and oxygen atoms in total. The summed E-state index contributed by atoms with van der Waals surface area (Å²) in [5.41, 5.74) is 3.16. The lowest BCUT2D eigenvalue weighted by Crippen LogP contribution is -2.23. The van der Waals surface area contributed by atoms with E-state index in [0.29, 0.717) is 27.6 Å². The van der Waals surface area contributed by atoms with Crippen LogP contribution in [-0.4, -0.2) is 19.0 Å². The van der Waals surface area contributed by atoms with Crippen LogP contribution in [0.4, 0.5) is 4.39 Å². The number of hydrogen-bond acceptors (Lipinski definition) is 4. The van der Waals surface area contributed by atoms with E-state index in [4.69, 9.17) is 21.1 Å². The number of nitrogens with one attached hydrogen (secondary N) is 1. The van der Waals surface area contributed by atoms with Gasteiger partial charge in [-0.25, -0.2) is 9.18 Å². The number of benzene rings is 4. The average molecular weight is 490 g/mol. The van der Waals surface area contributed by atoms with Gasteiger partial charge in [-0.15, -0.1) is 0 Å². The van der Waals surface area contributed by atoms with Crippen LogP contribution in [0.25, 0.3) is 11.1 Å². The van der Waals surface area contributed by atoms with Gasteiger partial charge >= 0.3 is 5.97 Å². The van der Waals surface area contributed by atoms with Crippen LogP contribution >= 0.6 is 11.6 Å². The molecule has 0 aliphatic carbocycles. The molecule has 0 radical (unpaired) electrons. The zero-order chi connectivity index (χ0) is 24.8. The van der Waals surface area contributed by atoms with Crippen LogP contribution in [0.3, 0.4) is 0 Å². The van der Waals surface area contributed by atoms with Crippen molar-refractivity contribution in [2.24, 2.45) is 0 Å². The predicted molar refractivity (Wildman–Crippen MR) is 132 cm³/mol. The lowest BCUT2D eigenvalue weighted by Gasteiger charge is -2.14. The number of ether oxygens (including phenoxy) is 2. The Hall–Kier alpha value is -4.16. The summed E-state index contributed by atoms with van der Waals surface area (Å²) in [6, 6.07) is 24.9. The number of esters is 1. The van der Waals surface area contributed by atoms with Gasteiger partial charge in [-0.05, 0) is 77.4 Å². The molecule has 4 rings (SSSR count). The second-order valence-electron chi connectivity index (χ2n) is 7.65. The van der Waals surface area contributed by atoms with Gasteiger partial charge in [0.25, 0.3) is 5.91 Å². The molecule has 35 heavy (non-hydrogen) atoms. The molecule has 0 bridgehead atoms. The predicted octanol–water partition coefficient (Wildman–Crippen LogP) is 6.66. The first kappa shape index (κ1) is 24.0. The Kier molecular flexibility index (Phi) is 7.43. The topological polar surface area (TPSA) is 64.6 Å². The molecule has 0 aromatic heterocycles. The van der Waals surface area contributed by atoms with Crippen LogP contribution < -0.4 is 10.1 Å². The summed E-state index contributed by atoms with van der Waals surface area (Å²) < 4.78 is 23.9. The minimum absolute atomic E-state index is 0.234.